The number of halogens is 2. The maximum atomic E-state index is 13.6. The highest BCUT2D eigenvalue weighted by atomic mass is 19.1. The van der Waals surface area contributed by atoms with E-state index in [9.17, 15) is 8.78 Å². The lowest BCUT2D eigenvalue weighted by Crippen LogP contribution is -2.00. The first-order valence-corrected chi connectivity index (χ1v) is 5.65. The van der Waals surface area contributed by atoms with Crippen molar-refractivity contribution in [2.75, 3.05) is 0 Å². The normalized spacial score (nSPS) is 9.60. The zero-order chi connectivity index (χ0) is 14.5. The van der Waals surface area contributed by atoms with Crippen LogP contribution in [0.3, 0.4) is 0 Å². The summed E-state index contributed by atoms with van der Waals surface area (Å²) in [6, 6.07) is 11.2. The van der Waals surface area contributed by atoms with Crippen molar-refractivity contribution < 1.29 is 13.5 Å². The summed E-state index contributed by atoms with van der Waals surface area (Å²) in [6.07, 6.45) is 0. The molecular weight excluding hydrogens is 262 g/mol. The summed E-state index contributed by atoms with van der Waals surface area (Å²) < 4.78 is 31.9. The maximum absolute atomic E-state index is 13.6. The highest BCUT2D eigenvalue weighted by Crippen LogP contribution is 2.20. The average molecular weight is 270 g/mol. The van der Waals surface area contributed by atoms with E-state index in [4.69, 9.17) is 15.3 Å². The molecular formula is C15H8F2N2O. The molecule has 20 heavy (non-hydrogen) atoms. The van der Waals surface area contributed by atoms with Crippen molar-refractivity contribution in [1.82, 2.24) is 0 Å². The second kappa shape index (κ2) is 5.81. The van der Waals surface area contributed by atoms with Crippen molar-refractivity contribution >= 4 is 0 Å². The largest absolute Gasteiger partial charge is 0.486 e. The van der Waals surface area contributed by atoms with Crippen molar-refractivity contribution in [3.8, 4) is 17.9 Å². The number of rotatable bonds is 3. The lowest BCUT2D eigenvalue weighted by molar-refractivity contribution is 0.289. The lowest BCUT2D eigenvalue weighted by atomic mass is 10.1. The van der Waals surface area contributed by atoms with Crippen molar-refractivity contribution in [2.45, 2.75) is 6.61 Å². The quantitative estimate of drug-likeness (QED) is 0.859. The molecule has 0 aromatic heterocycles. The van der Waals surface area contributed by atoms with Crippen LogP contribution in [-0.4, -0.2) is 0 Å². The van der Waals surface area contributed by atoms with Gasteiger partial charge in [0, 0.05) is 5.56 Å². The second-order valence-electron chi connectivity index (χ2n) is 3.96. The Kier molecular flexibility index (Phi) is 3.93. The van der Waals surface area contributed by atoms with E-state index in [-0.39, 0.29) is 23.5 Å². The van der Waals surface area contributed by atoms with Crippen LogP contribution in [0.5, 0.6) is 5.75 Å². The highest BCUT2D eigenvalue weighted by Gasteiger charge is 2.08. The van der Waals surface area contributed by atoms with E-state index < -0.39 is 11.6 Å². The lowest BCUT2D eigenvalue weighted by Gasteiger charge is -2.08. The van der Waals surface area contributed by atoms with Gasteiger partial charge in [0.05, 0.1) is 23.3 Å². The molecule has 98 valence electrons. The van der Waals surface area contributed by atoms with Gasteiger partial charge in [0.2, 0.25) is 0 Å². The number of ether oxygens (including phenoxy) is 1. The standard InChI is InChI=1S/C15H8F2N2O/c16-13-3-2-11(8-19)12(6-13)9-20-15-4-1-10(7-18)5-14(15)17/h1-6H,9H2. The molecule has 3 nitrogen and oxygen atoms in total. The fourth-order valence-electron chi connectivity index (χ4n) is 1.63. The van der Waals surface area contributed by atoms with Gasteiger partial charge < -0.3 is 4.74 Å². The Morgan fingerprint density at radius 2 is 1.80 bits per heavy atom. The molecule has 0 bridgehead atoms. The summed E-state index contributed by atoms with van der Waals surface area (Å²) in [5, 5.41) is 17.5. The zero-order valence-electron chi connectivity index (χ0n) is 10.2. The zero-order valence-corrected chi connectivity index (χ0v) is 10.2. The Bertz CT molecular complexity index is 730. The summed E-state index contributed by atoms with van der Waals surface area (Å²) in [4.78, 5) is 0. The van der Waals surface area contributed by atoms with Crippen molar-refractivity contribution in [2.24, 2.45) is 0 Å². The van der Waals surface area contributed by atoms with Gasteiger partial charge in [0.25, 0.3) is 0 Å². The van der Waals surface area contributed by atoms with E-state index in [0.717, 1.165) is 6.07 Å². The minimum Gasteiger partial charge on any atom is -0.486 e. The van der Waals surface area contributed by atoms with Gasteiger partial charge in [-0.2, -0.15) is 10.5 Å². The Labute approximate surface area is 114 Å². The molecule has 0 heterocycles. The average Bonchev–Trinajstić information content (AvgIpc) is 2.46. The molecule has 0 unspecified atom stereocenters. The van der Waals surface area contributed by atoms with E-state index in [2.05, 4.69) is 0 Å². The highest BCUT2D eigenvalue weighted by molar-refractivity contribution is 5.39. The van der Waals surface area contributed by atoms with Gasteiger partial charge in [0.1, 0.15) is 12.4 Å². The summed E-state index contributed by atoms with van der Waals surface area (Å²) in [7, 11) is 0. The third-order valence-electron chi connectivity index (χ3n) is 2.63. The van der Waals surface area contributed by atoms with Crippen molar-refractivity contribution in [1.29, 1.82) is 10.5 Å². The molecule has 2 aromatic carbocycles. The smallest absolute Gasteiger partial charge is 0.166 e. The van der Waals surface area contributed by atoms with Gasteiger partial charge in [-0.05, 0) is 36.4 Å². The molecule has 5 heteroatoms. The Morgan fingerprint density at radius 3 is 2.45 bits per heavy atom. The van der Waals surface area contributed by atoms with E-state index in [1.807, 2.05) is 6.07 Å². The molecule has 2 aromatic rings. The van der Waals surface area contributed by atoms with E-state index in [0.29, 0.717) is 5.56 Å². The minimum atomic E-state index is -0.682. The van der Waals surface area contributed by atoms with E-state index in [1.54, 1.807) is 6.07 Å². The number of nitriles is 2. The van der Waals surface area contributed by atoms with E-state index in [1.165, 1.54) is 30.3 Å². The first-order valence-electron chi connectivity index (χ1n) is 5.65. The molecule has 0 N–H and O–H groups in total. The Morgan fingerprint density at radius 1 is 1.00 bits per heavy atom. The monoisotopic (exact) mass is 270 g/mol. The molecule has 0 saturated carbocycles. The number of hydrogen-bond donors (Lipinski definition) is 0. The summed E-state index contributed by atoms with van der Waals surface area (Å²) in [6.45, 7) is -0.135. The van der Waals surface area contributed by atoms with E-state index >= 15 is 0 Å². The third kappa shape index (κ3) is 2.90. The van der Waals surface area contributed by atoms with Crippen molar-refractivity contribution in [3.05, 3.63) is 64.7 Å². The molecule has 0 aliphatic heterocycles. The third-order valence-corrected chi connectivity index (χ3v) is 2.63. The van der Waals surface area contributed by atoms with Gasteiger partial charge >= 0.3 is 0 Å². The second-order valence-corrected chi connectivity index (χ2v) is 3.96. The molecule has 2 rings (SSSR count). The van der Waals surface area contributed by atoms with Gasteiger partial charge in [-0.15, -0.1) is 0 Å². The first kappa shape index (κ1) is 13.5. The van der Waals surface area contributed by atoms with Crippen LogP contribution in [0.1, 0.15) is 16.7 Å². The first-order chi connectivity index (χ1) is 9.63. The van der Waals surface area contributed by atoms with Crippen LogP contribution in [0.15, 0.2) is 36.4 Å². The molecule has 0 radical (unpaired) electrons. The van der Waals surface area contributed by atoms with Crippen LogP contribution in [0.2, 0.25) is 0 Å². The van der Waals surface area contributed by atoms with Gasteiger partial charge in [-0.1, -0.05) is 0 Å². The van der Waals surface area contributed by atoms with Crippen LogP contribution in [0.25, 0.3) is 0 Å². The fourth-order valence-corrected chi connectivity index (χ4v) is 1.63. The summed E-state index contributed by atoms with van der Waals surface area (Å²) >= 11 is 0. The summed E-state index contributed by atoms with van der Waals surface area (Å²) in [5.41, 5.74) is 0.773. The van der Waals surface area contributed by atoms with Crippen LogP contribution < -0.4 is 4.74 Å². The fraction of sp³-hybridized carbons (Fsp3) is 0.0667. The Balaban J connectivity index is 2.19. The van der Waals surface area contributed by atoms with Gasteiger partial charge in [-0.25, -0.2) is 8.78 Å². The molecule has 0 aliphatic rings. The predicted octanol–water partition coefficient (Wildman–Crippen LogP) is 3.29. The number of hydrogen-bond acceptors (Lipinski definition) is 3. The molecule has 0 amide bonds. The summed E-state index contributed by atoms with van der Waals surface area (Å²) in [5.74, 6) is -1.24. The van der Waals surface area contributed by atoms with Gasteiger partial charge in [-0.3, -0.25) is 0 Å². The molecule has 0 atom stereocenters. The predicted molar refractivity (Wildman–Crippen MR) is 66.6 cm³/mol. The number of nitrogens with zero attached hydrogens (tertiary/aromatic N) is 2. The van der Waals surface area contributed by atoms with Crippen LogP contribution in [-0.2, 0) is 6.61 Å². The van der Waals surface area contributed by atoms with Crippen LogP contribution >= 0.6 is 0 Å². The maximum Gasteiger partial charge on any atom is 0.166 e. The van der Waals surface area contributed by atoms with Crippen molar-refractivity contribution in [3.63, 3.8) is 0 Å². The molecule has 0 aliphatic carbocycles. The SMILES string of the molecule is N#Cc1ccc(OCc2cc(F)ccc2C#N)c(F)c1. The Hall–Kier alpha value is -2.92. The topological polar surface area (TPSA) is 56.8 Å². The molecule has 0 fully saturated rings. The molecule has 0 spiro atoms. The van der Waals surface area contributed by atoms with Crippen LogP contribution in [0, 0.1) is 34.3 Å². The van der Waals surface area contributed by atoms with Gasteiger partial charge in [0.15, 0.2) is 11.6 Å². The number of benzene rings is 2. The minimum absolute atomic E-state index is 0.0582. The van der Waals surface area contributed by atoms with Crippen LogP contribution in [0.4, 0.5) is 8.78 Å². The molecule has 0 saturated heterocycles.